The summed E-state index contributed by atoms with van der Waals surface area (Å²) in [5.41, 5.74) is 0. The molecule has 0 heterocycles. The first-order valence-electron chi connectivity index (χ1n) is 4.22. The Morgan fingerprint density at radius 3 is 2.27 bits per heavy atom. The topological polar surface area (TPSA) is 38.7 Å². The van der Waals surface area contributed by atoms with Crippen LogP contribution in [-0.2, 0) is 15.7 Å². The Labute approximate surface area is 89.3 Å². The monoisotopic (exact) mass is 245 g/mol. The molecule has 0 aliphatic rings. The molecule has 0 N–H and O–H groups in total. The lowest BCUT2D eigenvalue weighted by molar-refractivity contribution is -0.169. The van der Waals surface area contributed by atoms with Crippen molar-refractivity contribution in [2.45, 2.75) is 31.7 Å². The molecule has 0 radical (unpaired) electrons. The van der Waals surface area contributed by atoms with E-state index in [-0.39, 0.29) is 6.61 Å². The second kappa shape index (κ2) is 5.60. The van der Waals surface area contributed by atoms with Crippen molar-refractivity contribution in [3.05, 3.63) is 0 Å². The van der Waals surface area contributed by atoms with E-state index in [4.69, 9.17) is 0 Å². The molecular weight excluding hydrogens is 231 g/mol. The predicted octanol–water partition coefficient (Wildman–Crippen LogP) is 2.10. The van der Waals surface area contributed by atoms with Crippen molar-refractivity contribution < 1.29 is 22.1 Å². The van der Waals surface area contributed by atoms with Crippen molar-refractivity contribution in [3.63, 3.8) is 0 Å². The van der Waals surface area contributed by atoms with Crippen LogP contribution in [0, 0.1) is 0 Å². The lowest BCUT2D eigenvalue weighted by atomic mass is 10.3. The number of hydrogen-bond donors (Lipinski definition) is 0. The number of rotatable bonds is 4. The molecule has 0 saturated heterocycles. The Morgan fingerprint density at radius 1 is 1.33 bits per heavy atom. The molecular formula is C8H14F3NO2S. The highest BCUT2D eigenvalue weighted by molar-refractivity contribution is 7.85. The number of hydrogen-bond acceptors (Lipinski definition) is 2. The van der Waals surface area contributed by atoms with Gasteiger partial charge in [0.2, 0.25) is 0 Å². The SMILES string of the molecule is CC(C)(C)S(=O)/N=C/COCC(F)(F)F. The van der Waals surface area contributed by atoms with Crippen LogP contribution in [0.15, 0.2) is 4.40 Å². The van der Waals surface area contributed by atoms with Crippen molar-refractivity contribution >= 4 is 17.2 Å². The smallest absolute Gasteiger partial charge is 0.366 e. The quantitative estimate of drug-likeness (QED) is 0.562. The van der Waals surface area contributed by atoms with Crippen LogP contribution in [0.2, 0.25) is 0 Å². The second-order valence-corrected chi connectivity index (χ2v) is 5.71. The van der Waals surface area contributed by atoms with Crippen molar-refractivity contribution in [2.75, 3.05) is 13.2 Å². The van der Waals surface area contributed by atoms with Crippen LogP contribution in [0.1, 0.15) is 20.8 Å². The van der Waals surface area contributed by atoms with Gasteiger partial charge in [-0.25, -0.2) is 4.21 Å². The van der Waals surface area contributed by atoms with Gasteiger partial charge in [0.25, 0.3) is 0 Å². The van der Waals surface area contributed by atoms with Crippen LogP contribution >= 0.6 is 0 Å². The summed E-state index contributed by atoms with van der Waals surface area (Å²) in [6.07, 6.45) is -3.25. The fourth-order valence-electron chi connectivity index (χ4n) is 0.484. The molecule has 0 fully saturated rings. The third kappa shape index (κ3) is 8.56. The molecule has 90 valence electrons. The Bertz CT molecular complexity index is 245. The summed E-state index contributed by atoms with van der Waals surface area (Å²) in [7, 11) is -1.45. The van der Waals surface area contributed by atoms with E-state index < -0.39 is 28.5 Å². The molecule has 7 heteroatoms. The van der Waals surface area contributed by atoms with Gasteiger partial charge in [0, 0.05) is 6.21 Å². The summed E-state index contributed by atoms with van der Waals surface area (Å²) in [6.45, 7) is 3.55. The van der Waals surface area contributed by atoms with Crippen molar-refractivity contribution in [2.24, 2.45) is 4.40 Å². The highest BCUT2D eigenvalue weighted by Crippen LogP contribution is 2.14. The van der Waals surface area contributed by atoms with Gasteiger partial charge in [0.1, 0.15) is 17.6 Å². The van der Waals surface area contributed by atoms with Gasteiger partial charge in [-0.2, -0.15) is 17.6 Å². The van der Waals surface area contributed by atoms with E-state index in [1.54, 1.807) is 20.8 Å². The molecule has 0 aromatic carbocycles. The molecule has 0 spiro atoms. The van der Waals surface area contributed by atoms with Gasteiger partial charge in [0.15, 0.2) is 0 Å². The highest BCUT2D eigenvalue weighted by Gasteiger charge is 2.27. The van der Waals surface area contributed by atoms with E-state index in [2.05, 4.69) is 9.13 Å². The van der Waals surface area contributed by atoms with Gasteiger partial charge in [-0.1, -0.05) is 0 Å². The van der Waals surface area contributed by atoms with Crippen LogP contribution in [0.5, 0.6) is 0 Å². The molecule has 0 bridgehead atoms. The summed E-state index contributed by atoms with van der Waals surface area (Å²) in [4.78, 5) is 0. The van der Waals surface area contributed by atoms with Crippen LogP contribution in [0.25, 0.3) is 0 Å². The highest BCUT2D eigenvalue weighted by atomic mass is 32.2. The molecule has 0 rings (SSSR count). The lowest BCUT2D eigenvalue weighted by Crippen LogP contribution is -2.20. The van der Waals surface area contributed by atoms with Crippen LogP contribution in [0.3, 0.4) is 0 Å². The average molecular weight is 245 g/mol. The van der Waals surface area contributed by atoms with E-state index in [0.29, 0.717) is 0 Å². The number of ether oxygens (including phenoxy) is 1. The average Bonchev–Trinajstić information content (AvgIpc) is 1.99. The zero-order valence-electron chi connectivity index (χ0n) is 8.80. The molecule has 1 unspecified atom stereocenters. The maximum atomic E-state index is 11.6. The first kappa shape index (κ1) is 14.6. The predicted molar refractivity (Wildman–Crippen MR) is 53.3 cm³/mol. The van der Waals surface area contributed by atoms with E-state index in [0.717, 1.165) is 6.21 Å². The van der Waals surface area contributed by atoms with Gasteiger partial charge in [0.05, 0.1) is 11.4 Å². The molecule has 0 aliphatic carbocycles. The fourth-order valence-corrected chi connectivity index (χ4v) is 0.996. The first-order chi connectivity index (χ1) is 6.63. The minimum Gasteiger partial charge on any atom is -0.366 e. The van der Waals surface area contributed by atoms with Gasteiger partial charge in [-0.05, 0) is 20.8 Å². The van der Waals surface area contributed by atoms with E-state index in [1.807, 2.05) is 0 Å². The molecule has 0 amide bonds. The first-order valence-corrected chi connectivity index (χ1v) is 5.32. The minimum absolute atomic E-state index is 0.290. The standard InChI is InChI=1S/C8H14F3NO2S/c1-7(2,3)15(13)12-4-5-14-6-8(9,10)11/h4H,5-6H2,1-3H3/b12-4+. The van der Waals surface area contributed by atoms with Crippen LogP contribution < -0.4 is 0 Å². The zero-order valence-corrected chi connectivity index (χ0v) is 9.61. The molecule has 3 nitrogen and oxygen atoms in total. The summed E-state index contributed by atoms with van der Waals surface area (Å²) in [6, 6.07) is 0. The van der Waals surface area contributed by atoms with Crippen LogP contribution in [0.4, 0.5) is 13.2 Å². The van der Waals surface area contributed by atoms with Gasteiger partial charge in [-0.15, -0.1) is 0 Å². The minimum atomic E-state index is -4.34. The number of alkyl halides is 3. The van der Waals surface area contributed by atoms with E-state index in [9.17, 15) is 17.4 Å². The van der Waals surface area contributed by atoms with Gasteiger partial charge >= 0.3 is 6.18 Å². The van der Waals surface area contributed by atoms with Crippen LogP contribution in [-0.4, -0.2) is 34.6 Å². The van der Waals surface area contributed by atoms with Gasteiger partial charge < -0.3 is 4.74 Å². The molecule has 0 aliphatic heterocycles. The normalized spacial score (nSPS) is 15.9. The molecule has 0 aromatic heterocycles. The lowest BCUT2D eigenvalue weighted by Gasteiger charge is -2.12. The third-order valence-electron chi connectivity index (χ3n) is 1.15. The maximum Gasteiger partial charge on any atom is 0.411 e. The van der Waals surface area contributed by atoms with E-state index in [1.165, 1.54) is 0 Å². The van der Waals surface area contributed by atoms with E-state index >= 15 is 0 Å². The molecule has 0 saturated carbocycles. The fraction of sp³-hybridized carbons (Fsp3) is 0.875. The summed E-state index contributed by atoms with van der Waals surface area (Å²) in [5.74, 6) is 0. The molecule has 0 aromatic rings. The van der Waals surface area contributed by atoms with Crippen molar-refractivity contribution in [3.8, 4) is 0 Å². The van der Waals surface area contributed by atoms with Crippen molar-refractivity contribution in [1.82, 2.24) is 0 Å². The zero-order chi connectivity index (χ0) is 12.1. The number of halogens is 3. The summed E-state index contributed by atoms with van der Waals surface area (Å²) in [5, 5.41) is 0. The molecule has 15 heavy (non-hydrogen) atoms. The maximum absolute atomic E-state index is 11.6. The number of nitrogens with zero attached hydrogens (tertiary/aromatic N) is 1. The second-order valence-electron chi connectivity index (χ2n) is 3.78. The summed E-state index contributed by atoms with van der Waals surface area (Å²) >= 11 is 0. The Balaban J connectivity index is 3.79. The Hall–Kier alpha value is -0.430. The summed E-state index contributed by atoms with van der Waals surface area (Å²) < 4.78 is 53.4. The third-order valence-corrected chi connectivity index (χ3v) is 2.54. The Morgan fingerprint density at radius 2 is 1.87 bits per heavy atom. The van der Waals surface area contributed by atoms with Crippen molar-refractivity contribution in [1.29, 1.82) is 0 Å². The Kier molecular flexibility index (Phi) is 5.44. The van der Waals surface area contributed by atoms with Gasteiger partial charge in [-0.3, -0.25) is 0 Å². The largest absolute Gasteiger partial charge is 0.411 e. The molecule has 1 atom stereocenters.